The van der Waals surface area contributed by atoms with E-state index in [9.17, 15) is 9.65 Å². The SMILES string of the molecule is COc1cc(/C=C(/C#N)c2ccccc2F)cc(Br)c1OCc1ccc(I)cc1. The van der Waals surface area contributed by atoms with Gasteiger partial charge >= 0.3 is 0 Å². The van der Waals surface area contributed by atoms with E-state index in [4.69, 9.17) is 9.47 Å². The Bertz CT molecular complexity index is 1090. The number of nitrogens with zero attached hydrogens (tertiary/aromatic N) is 1. The highest BCUT2D eigenvalue weighted by atomic mass is 127. The Balaban J connectivity index is 1.90. The number of methoxy groups -OCH3 is 1. The molecule has 0 saturated heterocycles. The van der Waals surface area contributed by atoms with Crippen LogP contribution in [0.4, 0.5) is 4.39 Å². The highest BCUT2D eigenvalue weighted by Crippen LogP contribution is 2.38. The summed E-state index contributed by atoms with van der Waals surface area (Å²) < 4.78 is 27.3. The van der Waals surface area contributed by atoms with E-state index >= 15 is 0 Å². The molecule has 3 aromatic carbocycles. The van der Waals surface area contributed by atoms with Gasteiger partial charge in [0, 0.05) is 9.13 Å². The first-order chi connectivity index (χ1) is 14.0. The molecule has 3 aromatic rings. The lowest BCUT2D eigenvalue weighted by Crippen LogP contribution is -1.99. The number of allylic oxidation sites excluding steroid dienone is 1. The van der Waals surface area contributed by atoms with Crippen molar-refractivity contribution in [1.82, 2.24) is 0 Å². The van der Waals surface area contributed by atoms with E-state index in [0.29, 0.717) is 28.1 Å². The van der Waals surface area contributed by atoms with Crippen molar-refractivity contribution in [2.45, 2.75) is 6.61 Å². The summed E-state index contributed by atoms with van der Waals surface area (Å²) in [7, 11) is 1.55. The highest BCUT2D eigenvalue weighted by Gasteiger charge is 2.13. The van der Waals surface area contributed by atoms with E-state index in [1.165, 1.54) is 6.07 Å². The van der Waals surface area contributed by atoms with Crippen molar-refractivity contribution in [3.8, 4) is 17.6 Å². The maximum absolute atomic E-state index is 14.1. The van der Waals surface area contributed by atoms with Crippen LogP contribution in [0.3, 0.4) is 0 Å². The van der Waals surface area contributed by atoms with E-state index in [1.807, 2.05) is 30.3 Å². The topological polar surface area (TPSA) is 42.2 Å². The minimum absolute atomic E-state index is 0.226. The first kappa shape index (κ1) is 21.3. The van der Waals surface area contributed by atoms with Crippen LogP contribution < -0.4 is 9.47 Å². The molecule has 0 aromatic heterocycles. The Morgan fingerprint density at radius 3 is 2.55 bits per heavy atom. The molecule has 0 aliphatic heterocycles. The summed E-state index contributed by atoms with van der Waals surface area (Å²) in [5.41, 5.74) is 2.21. The number of hydrogen-bond donors (Lipinski definition) is 0. The van der Waals surface area contributed by atoms with Gasteiger partial charge in [0.2, 0.25) is 0 Å². The van der Waals surface area contributed by atoms with Crippen LogP contribution in [0, 0.1) is 20.7 Å². The van der Waals surface area contributed by atoms with Crippen molar-refractivity contribution in [1.29, 1.82) is 5.26 Å². The summed E-state index contributed by atoms with van der Waals surface area (Å²) >= 11 is 5.77. The van der Waals surface area contributed by atoms with Crippen molar-refractivity contribution >= 4 is 50.2 Å². The maximum Gasteiger partial charge on any atom is 0.175 e. The molecule has 0 N–H and O–H groups in total. The van der Waals surface area contributed by atoms with E-state index in [0.717, 1.165) is 9.13 Å². The number of ether oxygens (including phenoxy) is 2. The fourth-order valence-electron chi connectivity index (χ4n) is 2.72. The Kier molecular flexibility index (Phi) is 7.29. The van der Waals surface area contributed by atoms with Gasteiger partial charge in [-0.15, -0.1) is 0 Å². The van der Waals surface area contributed by atoms with Crippen molar-refractivity contribution in [3.63, 3.8) is 0 Å². The first-order valence-corrected chi connectivity index (χ1v) is 10.5. The summed E-state index contributed by atoms with van der Waals surface area (Å²) in [6.45, 7) is 0.389. The van der Waals surface area contributed by atoms with Crippen LogP contribution in [-0.4, -0.2) is 7.11 Å². The zero-order chi connectivity index (χ0) is 20.8. The summed E-state index contributed by atoms with van der Waals surface area (Å²) in [5, 5.41) is 9.49. The molecule has 0 spiro atoms. The Labute approximate surface area is 191 Å². The van der Waals surface area contributed by atoms with Gasteiger partial charge in [-0.3, -0.25) is 0 Å². The minimum Gasteiger partial charge on any atom is -0.493 e. The normalized spacial score (nSPS) is 11.1. The molecule has 3 nitrogen and oxygen atoms in total. The molecule has 0 heterocycles. The zero-order valence-corrected chi connectivity index (χ0v) is 19.2. The van der Waals surface area contributed by atoms with E-state index < -0.39 is 5.82 Å². The second-order valence-corrected chi connectivity index (χ2v) is 8.20. The van der Waals surface area contributed by atoms with Gasteiger partial charge in [-0.1, -0.05) is 30.3 Å². The van der Waals surface area contributed by atoms with Crippen LogP contribution in [0.2, 0.25) is 0 Å². The molecule has 6 heteroatoms. The molecule has 0 atom stereocenters. The van der Waals surface area contributed by atoms with Crippen LogP contribution >= 0.6 is 38.5 Å². The van der Waals surface area contributed by atoms with E-state index in [2.05, 4.69) is 44.6 Å². The van der Waals surface area contributed by atoms with E-state index in [1.54, 1.807) is 37.5 Å². The van der Waals surface area contributed by atoms with Gasteiger partial charge < -0.3 is 9.47 Å². The average Bonchev–Trinajstić information content (AvgIpc) is 2.72. The minimum atomic E-state index is -0.441. The molecule has 0 aliphatic rings. The van der Waals surface area contributed by atoms with E-state index in [-0.39, 0.29) is 11.1 Å². The first-order valence-electron chi connectivity index (χ1n) is 8.63. The molecule has 0 fully saturated rings. The van der Waals surface area contributed by atoms with Crippen LogP contribution in [0.5, 0.6) is 11.5 Å². The van der Waals surface area contributed by atoms with Gasteiger partial charge in [-0.05, 0) is 86.1 Å². The molecule has 0 saturated carbocycles. The lowest BCUT2D eigenvalue weighted by Gasteiger charge is -2.14. The average molecular weight is 564 g/mol. The van der Waals surface area contributed by atoms with Crippen molar-refractivity contribution in [2.24, 2.45) is 0 Å². The Morgan fingerprint density at radius 2 is 1.90 bits per heavy atom. The standard InChI is InChI=1S/C23H16BrFINO2/c1-28-22-12-16(10-17(13-27)19-4-2-3-5-21(19)25)11-20(24)23(22)29-14-15-6-8-18(26)9-7-15/h2-12H,14H2,1H3/b17-10-. The predicted molar refractivity (Wildman–Crippen MR) is 124 cm³/mol. The maximum atomic E-state index is 14.1. The predicted octanol–water partition coefficient (Wildman–Crippen LogP) is 6.84. The van der Waals surface area contributed by atoms with Gasteiger partial charge in [0.25, 0.3) is 0 Å². The highest BCUT2D eigenvalue weighted by molar-refractivity contribution is 14.1. The van der Waals surface area contributed by atoms with Crippen molar-refractivity contribution < 1.29 is 13.9 Å². The molecule has 146 valence electrons. The molecular weight excluding hydrogens is 548 g/mol. The monoisotopic (exact) mass is 563 g/mol. The van der Waals surface area contributed by atoms with Gasteiger partial charge in [0.15, 0.2) is 11.5 Å². The fourth-order valence-corrected chi connectivity index (χ4v) is 3.65. The molecule has 0 aliphatic carbocycles. The third-order valence-electron chi connectivity index (χ3n) is 4.14. The Morgan fingerprint density at radius 1 is 1.17 bits per heavy atom. The third kappa shape index (κ3) is 5.37. The Hall–Kier alpha value is -2.37. The number of benzene rings is 3. The van der Waals surface area contributed by atoms with Crippen LogP contribution in [0.1, 0.15) is 16.7 Å². The van der Waals surface area contributed by atoms with Crippen LogP contribution in [0.25, 0.3) is 11.6 Å². The van der Waals surface area contributed by atoms with Gasteiger partial charge in [-0.2, -0.15) is 5.26 Å². The van der Waals surface area contributed by atoms with Gasteiger partial charge in [0.1, 0.15) is 12.4 Å². The lowest BCUT2D eigenvalue weighted by molar-refractivity contribution is 0.282. The largest absolute Gasteiger partial charge is 0.493 e. The molecule has 3 rings (SSSR count). The number of nitriles is 1. The van der Waals surface area contributed by atoms with Crippen molar-refractivity contribution in [3.05, 3.63) is 91.2 Å². The van der Waals surface area contributed by atoms with Gasteiger partial charge in [0.05, 0.1) is 23.2 Å². The smallest absolute Gasteiger partial charge is 0.175 e. The second kappa shape index (κ2) is 9.90. The summed E-state index contributed by atoms with van der Waals surface area (Å²) in [6.07, 6.45) is 1.62. The molecule has 29 heavy (non-hydrogen) atoms. The van der Waals surface area contributed by atoms with Crippen molar-refractivity contribution in [2.75, 3.05) is 7.11 Å². The lowest BCUT2D eigenvalue weighted by atomic mass is 10.0. The number of rotatable bonds is 6. The van der Waals surface area contributed by atoms with Crippen LogP contribution in [0.15, 0.2) is 65.1 Å². The molecular formula is C23H16BrFINO2. The quantitative estimate of drug-likeness (QED) is 0.187. The second-order valence-electron chi connectivity index (χ2n) is 6.10. The number of hydrogen-bond acceptors (Lipinski definition) is 3. The van der Waals surface area contributed by atoms with Gasteiger partial charge in [-0.25, -0.2) is 4.39 Å². The molecule has 0 amide bonds. The summed E-state index contributed by atoms with van der Waals surface area (Å²) in [5.74, 6) is 0.637. The number of halogens is 3. The summed E-state index contributed by atoms with van der Waals surface area (Å²) in [6, 6.07) is 19.9. The zero-order valence-electron chi connectivity index (χ0n) is 15.5. The molecule has 0 unspecified atom stereocenters. The fraction of sp³-hybridized carbons (Fsp3) is 0.0870. The van der Waals surface area contributed by atoms with Crippen LogP contribution in [-0.2, 0) is 6.61 Å². The summed E-state index contributed by atoms with van der Waals surface area (Å²) in [4.78, 5) is 0. The molecule has 0 bridgehead atoms. The third-order valence-corrected chi connectivity index (χ3v) is 5.45. The molecule has 0 radical (unpaired) electrons.